The van der Waals surface area contributed by atoms with E-state index in [0.717, 1.165) is 22.5 Å². The number of carbonyl (C=O) groups excluding carboxylic acids is 1. The van der Waals surface area contributed by atoms with Crippen LogP contribution in [0.2, 0.25) is 0 Å². The Labute approximate surface area is 185 Å². The van der Waals surface area contributed by atoms with Crippen LogP contribution in [-0.2, 0) is 11.8 Å². The second-order valence-electron chi connectivity index (χ2n) is 7.13. The Hall–Kier alpha value is -3.45. The van der Waals surface area contributed by atoms with Crippen molar-refractivity contribution in [3.05, 3.63) is 96.3 Å². The van der Waals surface area contributed by atoms with E-state index in [4.69, 9.17) is 0 Å². The summed E-state index contributed by atoms with van der Waals surface area (Å²) in [6, 6.07) is 23.6. The van der Waals surface area contributed by atoms with Crippen LogP contribution in [-0.4, -0.2) is 30.9 Å². The van der Waals surface area contributed by atoms with E-state index in [-0.39, 0.29) is 17.2 Å². The Morgan fingerprint density at radius 2 is 1.58 bits per heavy atom. The number of rotatable bonds is 7. The average molecular weight is 430 g/mol. The SMILES string of the molecule is C[C@H](Sc1nnc(-c2cccnc2)n1C)C(=O)NC(c1ccccc1)c1ccccc1. The molecule has 2 aromatic heterocycles. The fourth-order valence-electron chi connectivity index (χ4n) is 3.29. The molecule has 4 aromatic rings. The second-order valence-corrected chi connectivity index (χ2v) is 8.44. The number of thioether (sulfide) groups is 1. The van der Waals surface area contributed by atoms with Gasteiger partial charge in [0.25, 0.3) is 0 Å². The number of hydrogen-bond acceptors (Lipinski definition) is 5. The van der Waals surface area contributed by atoms with Crippen LogP contribution in [0.3, 0.4) is 0 Å². The summed E-state index contributed by atoms with van der Waals surface area (Å²) in [5, 5.41) is 12.1. The van der Waals surface area contributed by atoms with Crippen LogP contribution in [0.5, 0.6) is 0 Å². The van der Waals surface area contributed by atoms with Crippen LogP contribution in [0.4, 0.5) is 0 Å². The first-order valence-electron chi connectivity index (χ1n) is 10.00. The minimum Gasteiger partial charge on any atom is -0.344 e. The van der Waals surface area contributed by atoms with E-state index in [0.29, 0.717) is 5.16 Å². The average Bonchev–Trinajstić information content (AvgIpc) is 3.19. The highest BCUT2D eigenvalue weighted by Crippen LogP contribution is 2.27. The first-order chi connectivity index (χ1) is 15.1. The molecule has 0 radical (unpaired) electrons. The number of amides is 1. The summed E-state index contributed by atoms with van der Waals surface area (Å²) < 4.78 is 1.89. The summed E-state index contributed by atoms with van der Waals surface area (Å²) in [5.74, 6) is 0.656. The molecule has 156 valence electrons. The van der Waals surface area contributed by atoms with Gasteiger partial charge in [0.15, 0.2) is 11.0 Å². The number of aromatic nitrogens is 4. The second kappa shape index (κ2) is 9.57. The van der Waals surface area contributed by atoms with E-state index in [1.165, 1.54) is 11.8 Å². The highest BCUT2D eigenvalue weighted by molar-refractivity contribution is 8.00. The van der Waals surface area contributed by atoms with Gasteiger partial charge in [-0.3, -0.25) is 9.78 Å². The van der Waals surface area contributed by atoms with Crippen LogP contribution in [0.1, 0.15) is 24.1 Å². The van der Waals surface area contributed by atoms with Crippen molar-refractivity contribution in [2.75, 3.05) is 0 Å². The van der Waals surface area contributed by atoms with Gasteiger partial charge in [-0.1, -0.05) is 72.4 Å². The van der Waals surface area contributed by atoms with Gasteiger partial charge in [-0.25, -0.2) is 0 Å². The predicted molar refractivity (Wildman–Crippen MR) is 122 cm³/mol. The van der Waals surface area contributed by atoms with Gasteiger partial charge in [-0.05, 0) is 30.2 Å². The number of benzene rings is 2. The molecule has 6 nitrogen and oxygen atoms in total. The van der Waals surface area contributed by atoms with Crippen molar-refractivity contribution in [3.8, 4) is 11.4 Å². The van der Waals surface area contributed by atoms with Crippen molar-refractivity contribution >= 4 is 17.7 Å². The normalized spacial score (nSPS) is 12.0. The molecule has 1 N–H and O–H groups in total. The largest absolute Gasteiger partial charge is 0.344 e. The maximum absolute atomic E-state index is 13.1. The lowest BCUT2D eigenvalue weighted by Gasteiger charge is -2.22. The molecule has 1 amide bonds. The zero-order valence-electron chi connectivity index (χ0n) is 17.3. The fourth-order valence-corrected chi connectivity index (χ4v) is 4.11. The first-order valence-corrected chi connectivity index (χ1v) is 10.9. The van der Waals surface area contributed by atoms with Gasteiger partial charge in [0.1, 0.15) is 0 Å². The number of hydrogen-bond donors (Lipinski definition) is 1. The molecule has 1 atom stereocenters. The van der Waals surface area contributed by atoms with Crippen LogP contribution < -0.4 is 5.32 Å². The Bertz CT molecular complexity index is 1090. The summed E-state index contributed by atoms with van der Waals surface area (Å²) in [4.78, 5) is 17.2. The molecule has 2 aromatic carbocycles. The van der Waals surface area contributed by atoms with Crippen LogP contribution in [0.25, 0.3) is 11.4 Å². The zero-order chi connectivity index (χ0) is 21.6. The molecule has 0 aliphatic rings. The van der Waals surface area contributed by atoms with E-state index >= 15 is 0 Å². The van der Waals surface area contributed by atoms with Crippen LogP contribution in [0.15, 0.2) is 90.3 Å². The van der Waals surface area contributed by atoms with Crippen molar-refractivity contribution in [1.82, 2.24) is 25.1 Å². The topological polar surface area (TPSA) is 72.7 Å². The van der Waals surface area contributed by atoms with Crippen molar-refractivity contribution < 1.29 is 4.79 Å². The van der Waals surface area contributed by atoms with Gasteiger partial charge < -0.3 is 9.88 Å². The standard InChI is InChI=1S/C24H23N5OS/c1-17(31-24-28-27-22(29(24)2)20-14-9-15-25-16-20)23(30)26-21(18-10-5-3-6-11-18)19-12-7-4-8-13-19/h3-17,21H,1-2H3,(H,26,30)/t17-/m0/s1. The van der Waals surface area contributed by atoms with Crippen molar-refractivity contribution in [2.24, 2.45) is 7.05 Å². The molecule has 0 saturated heterocycles. The van der Waals surface area contributed by atoms with Gasteiger partial charge in [0.05, 0.1) is 11.3 Å². The molecule has 0 aliphatic heterocycles. The van der Waals surface area contributed by atoms with Crippen molar-refractivity contribution in [1.29, 1.82) is 0 Å². The molecule has 0 fully saturated rings. The van der Waals surface area contributed by atoms with Gasteiger partial charge >= 0.3 is 0 Å². The fraction of sp³-hybridized carbons (Fsp3) is 0.167. The zero-order valence-corrected chi connectivity index (χ0v) is 18.2. The summed E-state index contributed by atoms with van der Waals surface area (Å²) in [6.07, 6.45) is 3.47. The van der Waals surface area contributed by atoms with Crippen LogP contribution in [0, 0.1) is 0 Å². The molecule has 0 unspecified atom stereocenters. The third-order valence-corrected chi connectivity index (χ3v) is 6.09. The first kappa shape index (κ1) is 20.8. The maximum atomic E-state index is 13.1. The van der Waals surface area contributed by atoms with Crippen molar-refractivity contribution in [3.63, 3.8) is 0 Å². The van der Waals surface area contributed by atoms with Gasteiger partial charge in [0, 0.05) is 25.0 Å². The minimum absolute atomic E-state index is 0.0615. The van der Waals surface area contributed by atoms with Gasteiger partial charge in [0.2, 0.25) is 5.91 Å². The lowest BCUT2D eigenvalue weighted by Crippen LogP contribution is -2.35. The number of carbonyl (C=O) groups is 1. The minimum atomic E-state index is -0.348. The predicted octanol–water partition coefficient (Wildman–Crippen LogP) is 4.26. The number of pyridine rings is 1. The molecule has 2 heterocycles. The lowest BCUT2D eigenvalue weighted by atomic mass is 9.98. The molecular formula is C24H23N5OS. The summed E-state index contributed by atoms with van der Waals surface area (Å²) >= 11 is 1.38. The molecule has 0 bridgehead atoms. The molecule has 0 saturated carbocycles. The highest BCUT2D eigenvalue weighted by Gasteiger charge is 2.23. The van der Waals surface area contributed by atoms with E-state index < -0.39 is 0 Å². The quantitative estimate of drug-likeness (QED) is 0.444. The summed E-state index contributed by atoms with van der Waals surface area (Å²) in [5.41, 5.74) is 2.96. The summed E-state index contributed by atoms with van der Waals surface area (Å²) in [7, 11) is 1.89. The molecule has 7 heteroatoms. The molecule has 4 rings (SSSR count). The Morgan fingerprint density at radius 3 is 2.16 bits per heavy atom. The smallest absolute Gasteiger partial charge is 0.234 e. The van der Waals surface area contributed by atoms with E-state index in [2.05, 4.69) is 20.5 Å². The van der Waals surface area contributed by atoms with E-state index in [1.807, 2.05) is 91.3 Å². The Balaban J connectivity index is 1.51. The Kier molecular flexibility index (Phi) is 6.43. The Morgan fingerprint density at radius 1 is 0.935 bits per heavy atom. The van der Waals surface area contributed by atoms with Gasteiger partial charge in [-0.2, -0.15) is 0 Å². The van der Waals surface area contributed by atoms with Gasteiger partial charge in [-0.15, -0.1) is 10.2 Å². The van der Waals surface area contributed by atoms with E-state index in [9.17, 15) is 4.79 Å². The summed E-state index contributed by atoms with van der Waals surface area (Å²) in [6.45, 7) is 1.88. The third kappa shape index (κ3) is 4.83. The monoisotopic (exact) mass is 429 g/mol. The third-order valence-electron chi connectivity index (χ3n) is 4.96. The lowest BCUT2D eigenvalue weighted by molar-refractivity contribution is -0.120. The van der Waals surface area contributed by atoms with Crippen molar-refractivity contribution in [2.45, 2.75) is 23.4 Å². The molecular weight excluding hydrogens is 406 g/mol. The van der Waals surface area contributed by atoms with Crippen LogP contribution >= 0.6 is 11.8 Å². The maximum Gasteiger partial charge on any atom is 0.234 e. The molecule has 0 spiro atoms. The molecule has 0 aliphatic carbocycles. The number of nitrogens with one attached hydrogen (secondary N) is 1. The van der Waals surface area contributed by atoms with E-state index in [1.54, 1.807) is 12.4 Å². The molecule has 31 heavy (non-hydrogen) atoms. The highest BCUT2D eigenvalue weighted by atomic mass is 32.2. The number of nitrogens with zero attached hydrogens (tertiary/aromatic N) is 4.